The molecule has 0 atom stereocenters. The lowest BCUT2D eigenvalue weighted by atomic mass is 10.0. The lowest BCUT2D eigenvalue weighted by Crippen LogP contribution is -2.31. The van der Waals surface area contributed by atoms with E-state index in [1.165, 1.54) is 41.3 Å². The summed E-state index contributed by atoms with van der Waals surface area (Å²) >= 11 is 0. The zero-order chi connectivity index (χ0) is 23.1. The molecular formula is C25H21F2N3O3. The number of benzene rings is 2. The summed E-state index contributed by atoms with van der Waals surface area (Å²) in [6.45, 7) is 1.79. The van der Waals surface area contributed by atoms with Gasteiger partial charge in [0.25, 0.3) is 11.5 Å². The molecule has 8 heteroatoms. The SMILES string of the molecule is Cc1c(C(=O)NCc2ccc(F)cc2C2CC2)c2cccc(F)c2c(=O)n1Cc1ncco1. The van der Waals surface area contributed by atoms with Gasteiger partial charge in [-0.2, -0.15) is 0 Å². The predicted molar refractivity (Wildman–Crippen MR) is 118 cm³/mol. The number of fused-ring (bicyclic) bond motifs is 1. The number of hydrogen-bond acceptors (Lipinski definition) is 4. The molecule has 0 aliphatic heterocycles. The number of amides is 1. The maximum atomic E-state index is 14.7. The molecule has 33 heavy (non-hydrogen) atoms. The van der Waals surface area contributed by atoms with Crippen LogP contribution in [-0.2, 0) is 13.1 Å². The van der Waals surface area contributed by atoms with Gasteiger partial charge in [-0.25, -0.2) is 13.8 Å². The van der Waals surface area contributed by atoms with Gasteiger partial charge in [0.1, 0.15) is 24.4 Å². The van der Waals surface area contributed by atoms with Gasteiger partial charge in [0.2, 0.25) is 5.89 Å². The van der Waals surface area contributed by atoms with Crippen LogP contribution in [0.5, 0.6) is 0 Å². The minimum Gasteiger partial charge on any atom is -0.447 e. The van der Waals surface area contributed by atoms with E-state index in [0.29, 0.717) is 11.6 Å². The molecule has 1 amide bonds. The first kappa shape index (κ1) is 21.1. The number of carbonyl (C=O) groups excluding carboxylic acids is 1. The van der Waals surface area contributed by atoms with Crippen molar-refractivity contribution in [2.24, 2.45) is 0 Å². The first-order valence-electron chi connectivity index (χ1n) is 10.7. The van der Waals surface area contributed by atoms with Gasteiger partial charge in [0.15, 0.2) is 0 Å². The second-order valence-electron chi connectivity index (χ2n) is 8.24. The summed E-state index contributed by atoms with van der Waals surface area (Å²) in [5, 5.41) is 2.95. The Labute approximate surface area is 187 Å². The lowest BCUT2D eigenvalue weighted by molar-refractivity contribution is 0.0951. The van der Waals surface area contributed by atoms with Crippen molar-refractivity contribution in [2.75, 3.05) is 0 Å². The van der Waals surface area contributed by atoms with Crippen LogP contribution in [0.2, 0.25) is 0 Å². The summed E-state index contributed by atoms with van der Waals surface area (Å²) in [5.74, 6) is -0.880. The molecule has 1 N–H and O–H groups in total. The van der Waals surface area contributed by atoms with E-state index >= 15 is 0 Å². The Morgan fingerprint density at radius 1 is 1.24 bits per heavy atom. The van der Waals surface area contributed by atoms with E-state index in [-0.39, 0.29) is 41.1 Å². The average molecular weight is 449 g/mol. The maximum absolute atomic E-state index is 14.7. The van der Waals surface area contributed by atoms with E-state index in [4.69, 9.17) is 4.42 Å². The number of carbonyl (C=O) groups is 1. The van der Waals surface area contributed by atoms with Gasteiger partial charge in [0, 0.05) is 17.6 Å². The molecule has 0 saturated heterocycles. The molecule has 1 saturated carbocycles. The van der Waals surface area contributed by atoms with E-state index in [9.17, 15) is 18.4 Å². The molecule has 0 spiro atoms. The van der Waals surface area contributed by atoms with Crippen molar-refractivity contribution < 1.29 is 18.0 Å². The van der Waals surface area contributed by atoms with Crippen LogP contribution in [0, 0.1) is 18.6 Å². The number of nitrogens with zero attached hydrogens (tertiary/aromatic N) is 2. The standard InChI is InChI=1S/C25H21F2N3O3/c1-14-22(24(31)29-12-16-7-8-17(26)11-19(16)15-5-6-15)18-3-2-4-20(27)23(18)25(32)30(14)13-21-28-9-10-33-21/h2-4,7-11,15H,5-6,12-13H2,1H3,(H,29,31). The van der Waals surface area contributed by atoms with Gasteiger partial charge < -0.3 is 14.3 Å². The van der Waals surface area contributed by atoms with Crippen molar-refractivity contribution >= 4 is 16.7 Å². The second-order valence-corrected chi connectivity index (χ2v) is 8.24. The number of rotatable bonds is 6. The first-order valence-corrected chi connectivity index (χ1v) is 10.7. The van der Waals surface area contributed by atoms with Gasteiger partial charge in [-0.3, -0.25) is 9.59 Å². The molecule has 2 heterocycles. The monoisotopic (exact) mass is 449 g/mol. The zero-order valence-electron chi connectivity index (χ0n) is 17.9. The Bertz CT molecular complexity index is 1420. The highest BCUT2D eigenvalue weighted by Gasteiger charge is 2.27. The highest BCUT2D eigenvalue weighted by Crippen LogP contribution is 2.42. The number of nitrogens with one attached hydrogen (secondary N) is 1. The van der Waals surface area contributed by atoms with Crippen molar-refractivity contribution in [3.8, 4) is 0 Å². The lowest BCUT2D eigenvalue weighted by Gasteiger charge is -2.17. The molecule has 1 aliphatic rings. The number of hydrogen-bond donors (Lipinski definition) is 1. The van der Waals surface area contributed by atoms with E-state index in [1.54, 1.807) is 19.1 Å². The van der Waals surface area contributed by atoms with Crippen LogP contribution in [0.15, 0.2) is 58.1 Å². The van der Waals surface area contributed by atoms with E-state index in [2.05, 4.69) is 10.3 Å². The van der Waals surface area contributed by atoms with Crippen LogP contribution >= 0.6 is 0 Å². The third-order valence-electron chi connectivity index (χ3n) is 6.08. The highest BCUT2D eigenvalue weighted by molar-refractivity contribution is 6.07. The molecule has 4 aromatic rings. The molecule has 6 nitrogen and oxygen atoms in total. The van der Waals surface area contributed by atoms with Crippen LogP contribution in [-0.4, -0.2) is 15.5 Å². The fourth-order valence-corrected chi connectivity index (χ4v) is 4.28. The maximum Gasteiger partial charge on any atom is 0.262 e. The number of pyridine rings is 1. The normalized spacial score (nSPS) is 13.4. The number of halogens is 2. The zero-order valence-corrected chi connectivity index (χ0v) is 17.9. The van der Waals surface area contributed by atoms with E-state index < -0.39 is 17.3 Å². The van der Waals surface area contributed by atoms with Crippen molar-refractivity contribution in [3.63, 3.8) is 0 Å². The minimum atomic E-state index is -0.706. The largest absolute Gasteiger partial charge is 0.447 e. The van der Waals surface area contributed by atoms with Crippen molar-refractivity contribution in [3.05, 3.63) is 99.1 Å². The van der Waals surface area contributed by atoms with Crippen LogP contribution in [0.25, 0.3) is 10.8 Å². The van der Waals surface area contributed by atoms with Gasteiger partial charge in [-0.15, -0.1) is 0 Å². The molecule has 2 aromatic carbocycles. The molecular weight excluding hydrogens is 428 g/mol. The highest BCUT2D eigenvalue weighted by atomic mass is 19.1. The van der Waals surface area contributed by atoms with E-state index in [0.717, 1.165) is 24.0 Å². The van der Waals surface area contributed by atoms with Gasteiger partial charge in [-0.1, -0.05) is 18.2 Å². The van der Waals surface area contributed by atoms with Crippen LogP contribution < -0.4 is 10.9 Å². The number of oxazole rings is 1. The number of aromatic nitrogens is 2. The summed E-state index contributed by atoms with van der Waals surface area (Å²) in [7, 11) is 0. The van der Waals surface area contributed by atoms with Crippen LogP contribution in [0.4, 0.5) is 8.78 Å². The Hall–Kier alpha value is -3.81. The fraction of sp³-hybridized carbons (Fsp3) is 0.240. The van der Waals surface area contributed by atoms with Gasteiger partial charge in [0.05, 0.1) is 17.1 Å². The van der Waals surface area contributed by atoms with Crippen LogP contribution in [0.3, 0.4) is 0 Å². The van der Waals surface area contributed by atoms with Crippen LogP contribution in [0.1, 0.15) is 51.8 Å². The van der Waals surface area contributed by atoms with Gasteiger partial charge in [-0.05, 0) is 55.0 Å². The van der Waals surface area contributed by atoms with E-state index in [1.807, 2.05) is 0 Å². The predicted octanol–water partition coefficient (Wildman–Crippen LogP) is 4.43. The average Bonchev–Trinajstić information content (AvgIpc) is 3.51. The quantitative estimate of drug-likeness (QED) is 0.472. The molecule has 1 fully saturated rings. The second kappa shape index (κ2) is 8.27. The molecule has 0 unspecified atom stereocenters. The third kappa shape index (κ3) is 3.92. The van der Waals surface area contributed by atoms with Gasteiger partial charge >= 0.3 is 0 Å². The molecule has 0 bridgehead atoms. The Kier molecular flexibility index (Phi) is 5.28. The minimum absolute atomic E-state index is 0.0357. The van der Waals surface area contributed by atoms with Crippen molar-refractivity contribution in [1.82, 2.24) is 14.9 Å². The Balaban J connectivity index is 1.55. The topological polar surface area (TPSA) is 77.1 Å². The summed E-state index contributed by atoms with van der Waals surface area (Å²) < 4.78 is 35.0. The van der Waals surface area contributed by atoms with Crippen molar-refractivity contribution in [2.45, 2.75) is 38.8 Å². The van der Waals surface area contributed by atoms with Crippen molar-refractivity contribution in [1.29, 1.82) is 0 Å². The third-order valence-corrected chi connectivity index (χ3v) is 6.08. The smallest absolute Gasteiger partial charge is 0.262 e. The molecule has 2 aromatic heterocycles. The molecule has 168 valence electrons. The summed E-state index contributed by atoms with van der Waals surface area (Å²) in [5.41, 5.74) is 1.75. The molecule has 5 rings (SSSR count). The fourth-order valence-electron chi connectivity index (χ4n) is 4.28. The molecule has 1 aliphatic carbocycles. The Morgan fingerprint density at radius 2 is 2.06 bits per heavy atom. The summed E-state index contributed by atoms with van der Waals surface area (Å²) in [6, 6.07) is 8.79. The summed E-state index contributed by atoms with van der Waals surface area (Å²) in [6.07, 6.45) is 4.83. The Morgan fingerprint density at radius 3 is 2.79 bits per heavy atom. The first-order chi connectivity index (χ1) is 15.9. The summed E-state index contributed by atoms with van der Waals surface area (Å²) in [4.78, 5) is 30.5. The molecule has 0 radical (unpaired) electrons.